The summed E-state index contributed by atoms with van der Waals surface area (Å²) in [5.41, 5.74) is 4.17. The molecule has 0 radical (unpaired) electrons. The zero-order valence-corrected chi connectivity index (χ0v) is 16.9. The third-order valence-corrected chi connectivity index (χ3v) is 4.54. The predicted octanol–water partition coefficient (Wildman–Crippen LogP) is 3.28. The standard InChI is InChI=1S/C19H22ClFN6O2/c1-27(8-3-9-29-2)11-16-24-17-13(6-7-22-19(17)25-16)18(26-28)23-12-4-5-15(21)14(20)10-12/h4-7,10,28H,3,8-9,11H2,1-2H3,(H,23,26)(H,22,24,25). The van der Waals surface area contributed by atoms with Crippen LogP contribution in [0.4, 0.5) is 10.1 Å². The Bertz CT molecular complexity index is 1010. The average Bonchev–Trinajstić information content (AvgIpc) is 3.11. The van der Waals surface area contributed by atoms with Gasteiger partial charge in [0.25, 0.3) is 0 Å². The van der Waals surface area contributed by atoms with Gasteiger partial charge in [-0.3, -0.25) is 15.6 Å². The van der Waals surface area contributed by atoms with Gasteiger partial charge in [0.05, 0.1) is 22.8 Å². The quantitative estimate of drug-likeness (QED) is 0.224. The van der Waals surface area contributed by atoms with Gasteiger partial charge in [-0.1, -0.05) is 11.6 Å². The van der Waals surface area contributed by atoms with Gasteiger partial charge in [0.1, 0.15) is 11.6 Å². The second-order valence-corrected chi connectivity index (χ2v) is 6.90. The van der Waals surface area contributed by atoms with Gasteiger partial charge in [0.15, 0.2) is 11.5 Å². The number of methoxy groups -OCH3 is 1. The minimum absolute atomic E-state index is 0.0521. The van der Waals surface area contributed by atoms with Crippen LogP contribution in [-0.4, -0.2) is 58.2 Å². The first-order valence-corrected chi connectivity index (χ1v) is 9.35. The van der Waals surface area contributed by atoms with Gasteiger partial charge in [-0.25, -0.2) is 19.4 Å². The molecule has 2 aromatic heterocycles. The van der Waals surface area contributed by atoms with Gasteiger partial charge in [0.2, 0.25) is 0 Å². The summed E-state index contributed by atoms with van der Waals surface area (Å²) in [5.74, 6) is 0.356. The van der Waals surface area contributed by atoms with Gasteiger partial charge in [-0.05, 0) is 37.7 Å². The molecule has 2 heterocycles. The maximum absolute atomic E-state index is 13.4. The number of nitrogens with zero attached hydrogens (tertiary/aromatic N) is 4. The number of hydroxylamine groups is 1. The Morgan fingerprint density at radius 1 is 1.41 bits per heavy atom. The molecule has 0 fully saturated rings. The highest BCUT2D eigenvalue weighted by Gasteiger charge is 2.14. The number of imidazole rings is 1. The molecule has 0 atom stereocenters. The lowest BCUT2D eigenvalue weighted by molar-refractivity contribution is 0.177. The molecule has 3 N–H and O–H groups in total. The number of halogens is 2. The number of hydrogen-bond acceptors (Lipinski definition) is 6. The van der Waals surface area contributed by atoms with E-state index in [0.717, 1.165) is 18.8 Å². The maximum atomic E-state index is 13.4. The van der Waals surface area contributed by atoms with Crippen LogP contribution in [0.15, 0.2) is 35.5 Å². The molecule has 1 aromatic carbocycles. The normalized spacial score (nSPS) is 12.1. The number of benzene rings is 1. The Morgan fingerprint density at radius 3 is 2.97 bits per heavy atom. The minimum atomic E-state index is -0.539. The lowest BCUT2D eigenvalue weighted by Gasteiger charge is -2.14. The van der Waals surface area contributed by atoms with Crippen LogP contribution in [0, 0.1) is 5.82 Å². The lowest BCUT2D eigenvalue weighted by Crippen LogP contribution is -2.21. The number of nitrogens with one attached hydrogen (secondary N) is 2. The number of aliphatic imine (C=N–C) groups is 1. The number of rotatable bonds is 8. The molecule has 0 unspecified atom stereocenters. The highest BCUT2D eigenvalue weighted by atomic mass is 35.5. The molecule has 0 saturated carbocycles. The molecule has 154 valence electrons. The van der Waals surface area contributed by atoms with Crippen molar-refractivity contribution < 1.29 is 14.3 Å². The summed E-state index contributed by atoms with van der Waals surface area (Å²) in [7, 11) is 3.68. The Morgan fingerprint density at radius 2 is 2.24 bits per heavy atom. The van der Waals surface area contributed by atoms with E-state index in [2.05, 4.69) is 30.3 Å². The first kappa shape index (κ1) is 21.1. The van der Waals surface area contributed by atoms with Gasteiger partial charge < -0.3 is 9.72 Å². The Hall–Kier alpha value is -2.59. The summed E-state index contributed by atoms with van der Waals surface area (Å²) in [4.78, 5) is 18.5. The van der Waals surface area contributed by atoms with Crippen LogP contribution in [-0.2, 0) is 11.3 Å². The first-order valence-electron chi connectivity index (χ1n) is 8.97. The van der Waals surface area contributed by atoms with Crippen molar-refractivity contribution in [2.24, 2.45) is 4.99 Å². The molecule has 8 nitrogen and oxygen atoms in total. The SMILES string of the molecule is COCCCN(C)Cc1nc2nccc(C(=Nc3ccc(F)c(Cl)c3)NO)c2[nH]1. The summed E-state index contributed by atoms with van der Waals surface area (Å²) < 4.78 is 18.5. The van der Waals surface area contributed by atoms with Crippen LogP contribution in [0.25, 0.3) is 11.2 Å². The highest BCUT2D eigenvalue weighted by Crippen LogP contribution is 2.23. The Kier molecular flexibility index (Phi) is 7.10. The zero-order chi connectivity index (χ0) is 20.8. The van der Waals surface area contributed by atoms with E-state index in [1.54, 1.807) is 19.4 Å². The summed E-state index contributed by atoms with van der Waals surface area (Å²) in [6.07, 6.45) is 2.50. The summed E-state index contributed by atoms with van der Waals surface area (Å²) >= 11 is 5.81. The highest BCUT2D eigenvalue weighted by molar-refractivity contribution is 6.31. The van der Waals surface area contributed by atoms with E-state index >= 15 is 0 Å². The van der Waals surface area contributed by atoms with Crippen LogP contribution in [0.1, 0.15) is 17.8 Å². The van der Waals surface area contributed by atoms with E-state index in [9.17, 15) is 9.60 Å². The van der Waals surface area contributed by atoms with E-state index in [0.29, 0.717) is 35.6 Å². The number of hydrogen-bond donors (Lipinski definition) is 3. The van der Waals surface area contributed by atoms with Gasteiger partial charge in [-0.2, -0.15) is 0 Å². The van der Waals surface area contributed by atoms with Crippen LogP contribution in [0.3, 0.4) is 0 Å². The fraction of sp³-hybridized carbons (Fsp3) is 0.316. The first-order chi connectivity index (χ1) is 14.0. The summed E-state index contributed by atoms with van der Waals surface area (Å²) in [6, 6.07) is 5.75. The average molecular weight is 421 g/mol. The zero-order valence-electron chi connectivity index (χ0n) is 16.1. The molecule has 0 aliphatic carbocycles. The monoisotopic (exact) mass is 420 g/mol. The van der Waals surface area contributed by atoms with Crippen molar-refractivity contribution >= 4 is 34.3 Å². The smallest absolute Gasteiger partial charge is 0.178 e. The third kappa shape index (κ3) is 5.27. The number of ether oxygens (including phenoxy) is 1. The lowest BCUT2D eigenvalue weighted by atomic mass is 10.2. The minimum Gasteiger partial charge on any atom is -0.385 e. The van der Waals surface area contributed by atoms with Crippen LogP contribution < -0.4 is 5.48 Å². The van der Waals surface area contributed by atoms with E-state index in [1.165, 1.54) is 18.2 Å². The van der Waals surface area contributed by atoms with Gasteiger partial charge in [-0.15, -0.1) is 0 Å². The van der Waals surface area contributed by atoms with Crippen LogP contribution in [0.5, 0.6) is 0 Å². The van der Waals surface area contributed by atoms with Crippen molar-refractivity contribution in [3.63, 3.8) is 0 Å². The molecule has 0 saturated heterocycles. The molecule has 0 aliphatic heterocycles. The summed E-state index contributed by atoms with van der Waals surface area (Å²) in [6.45, 7) is 2.17. The van der Waals surface area contributed by atoms with Gasteiger partial charge in [0, 0.05) is 32.0 Å². The fourth-order valence-electron chi connectivity index (χ4n) is 2.87. The number of fused-ring (bicyclic) bond motifs is 1. The molecule has 3 rings (SSSR count). The van der Waals surface area contributed by atoms with E-state index in [4.69, 9.17) is 16.3 Å². The van der Waals surface area contributed by atoms with Crippen molar-refractivity contribution in [3.8, 4) is 0 Å². The molecular weight excluding hydrogens is 399 g/mol. The van der Waals surface area contributed by atoms with Gasteiger partial charge >= 0.3 is 0 Å². The molecule has 10 heteroatoms. The molecule has 0 spiro atoms. The molecule has 0 aliphatic rings. The van der Waals surface area contributed by atoms with Crippen molar-refractivity contribution in [1.82, 2.24) is 25.3 Å². The number of aromatic nitrogens is 3. The molecule has 29 heavy (non-hydrogen) atoms. The van der Waals surface area contributed by atoms with Crippen molar-refractivity contribution in [3.05, 3.63) is 52.7 Å². The number of H-pyrrole nitrogens is 1. The Labute approximate surface area is 172 Å². The van der Waals surface area contributed by atoms with Crippen molar-refractivity contribution in [1.29, 1.82) is 0 Å². The van der Waals surface area contributed by atoms with Crippen molar-refractivity contribution in [2.45, 2.75) is 13.0 Å². The number of pyridine rings is 1. The second kappa shape index (κ2) is 9.75. The topological polar surface area (TPSA) is 98.7 Å². The number of amidine groups is 1. The van der Waals surface area contributed by atoms with E-state index < -0.39 is 5.82 Å². The maximum Gasteiger partial charge on any atom is 0.178 e. The number of aromatic amines is 1. The summed E-state index contributed by atoms with van der Waals surface area (Å²) in [5, 5.41) is 9.58. The van der Waals surface area contributed by atoms with E-state index in [1.807, 2.05) is 7.05 Å². The molecule has 0 bridgehead atoms. The van der Waals surface area contributed by atoms with E-state index in [-0.39, 0.29) is 10.9 Å². The predicted molar refractivity (Wildman–Crippen MR) is 109 cm³/mol. The molecular formula is C19H22ClFN6O2. The second-order valence-electron chi connectivity index (χ2n) is 6.50. The van der Waals surface area contributed by atoms with Crippen LogP contribution >= 0.6 is 11.6 Å². The third-order valence-electron chi connectivity index (χ3n) is 4.25. The van der Waals surface area contributed by atoms with Crippen LogP contribution in [0.2, 0.25) is 5.02 Å². The van der Waals surface area contributed by atoms with Crippen molar-refractivity contribution in [2.75, 3.05) is 27.3 Å². The Balaban J connectivity index is 1.89. The molecule has 0 amide bonds. The molecule has 3 aromatic rings. The fourth-order valence-corrected chi connectivity index (χ4v) is 3.05. The largest absolute Gasteiger partial charge is 0.385 e.